The Balaban J connectivity index is 1.78. The van der Waals surface area contributed by atoms with Crippen molar-refractivity contribution in [3.05, 3.63) is 35.4 Å². The van der Waals surface area contributed by atoms with E-state index in [9.17, 15) is 4.79 Å². The fourth-order valence-corrected chi connectivity index (χ4v) is 3.52. The van der Waals surface area contributed by atoms with E-state index in [1.807, 2.05) is 24.3 Å². The summed E-state index contributed by atoms with van der Waals surface area (Å²) in [5, 5.41) is 3.09. The number of carbonyl (C=O) groups excluding carboxylic acids is 1. The Bertz CT molecular complexity index is 485. The Morgan fingerprint density at radius 1 is 1.35 bits per heavy atom. The first-order valence-electron chi connectivity index (χ1n) is 6.91. The number of thioether (sulfide) groups is 1. The third kappa shape index (κ3) is 4.49. The fraction of sp³-hybridized carbons (Fsp3) is 0.467. The highest BCUT2D eigenvalue weighted by atomic mass is 32.2. The summed E-state index contributed by atoms with van der Waals surface area (Å²) < 4.78 is 0. The number of nitrogens with two attached hydrogens (primary N) is 1. The van der Waals surface area contributed by atoms with E-state index in [4.69, 9.17) is 18.0 Å². The largest absolute Gasteiger partial charge is 0.389 e. The molecule has 3 N–H and O–H groups in total. The second kappa shape index (κ2) is 7.64. The summed E-state index contributed by atoms with van der Waals surface area (Å²) in [7, 11) is 0. The van der Waals surface area contributed by atoms with Crippen LogP contribution < -0.4 is 11.1 Å². The van der Waals surface area contributed by atoms with Gasteiger partial charge in [-0.2, -0.15) is 0 Å². The van der Waals surface area contributed by atoms with E-state index < -0.39 is 0 Å². The quantitative estimate of drug-likeness (QED) is 0.793. The Kier molecular flexibility index (Phi) is 5.86. The van der Waals surface area contributed by atoms with Crippen molar-refractivity contribution in [3.63, 3.8) is 0 Å². The standard InChI is InChI=1S/C15H20N2OS2/c16-15(19)13-8-4-1-5-11(13)9-20-10-14(18)17-12-6-2-3-7-12/h1,4-5,8,12H,2-3,6-7,9-10H2,(H2,16,19)(H,17,18). The van der Waals surface area contributed by atoms with Crippen LogP contribution in [0.3, 0.4) is 0 Å². The van der Waals surface area contributed by atoms with E-state index in [0.29, 0.717) is 16.8 Å². The van der Waals surface area contributed by atoms with E-state index in [1.165, 1.54) is 12.8 Å². The van der Waals surface area contributed by atoms with Crippen molar-refractivity contribution in [1.29, 1.82) is 0 Å². The van der Waals surface area contributed by atoms with Crippen molar-refractivity contribution in [3.8, 4) is 0 Å². The van der Waals surface area contributed by atoms with Gasteiger partial charge in [-0.15, -0.1) is 11.8 Å². The van der Waals surface area contributed by atoms with Gasteiger partial charge in [-0.1, -0.05) is 49.3 Å². The Hall–Kier alpha value is -1.07. The summed E-state index contributed by atoms with van der Waals surface area (Å²) in [6.45, 7) is 0. The Morgan fingerprint density at radius 2 is 2.05 bits per heavy atom. The van der Waals surface area contributed by atoms with Gasteiger partial charge in [-0.3, -0.25) is 4.79 Å². The molecule has 2 rings (SSSR count). The van der Waals surface area contributed by atoms with Gasteiger partial charge >= 0.3 is 0 Å². The van der Waals surface area contributed by atoms with Crippen LogP contribution in [0.4, 0.5) is 0 Å². The molecule has 1 aromatic rings. The molecule has 1 aliphatic rings. The van der Waals surface area contributed by atoms with Gasteiger partial charge < -0.3 is 11.1 Å². The molecular formula is C15H20N2OS2. The second-order valence-corrected chi connectivity index (χ2v) is 6.49. The van der Waals surface area contributed by atoms with Crippen molar-refractivity contribution in [1.82, 2.24) is 5.32 Å². The number of carbonyl (C=O) groups is 1. The first-order chi connectivity index (χ1) is 9.66. The molecule has 1 fully saturated rings. The van der Waals surface area contributed by atoms with Crippen molar-refractivity contribution in [2.24, 2.45) is 5.73 Å². The van der Waals surface area contributed by atoms with Crippen molar-refractivity contribution in [2.75, 3.05) is 5.75 Å². The molecule has 108 valence electrons. The topological polar surface area (TPSA) is 55.1 Å². The first kappa shape index (κ1) is 15.3. The highest BCUT2D eigenvalue weighted by Gasteiger charge is 2.16. The lowest BCUT2D eigenvalue weighted by molar-refractivity contribution is -0.119. The molecule has 0 aliphatic heterocycles. The smallest absolute Gasteiger partial charge is 0.230 e. The molecule has 1 aliphatic carbocycles. The van der Waals surface area contributed by atoms with Crippen LogP contribution in [0.5, 0.6) is 0 Å². The van der Waals surface area contributed by atoms with Gasteiger partial charge in [-0.05, 0) is 18.4 Å². The maximum atomic E-state index is 11.8. The van der Waals surface area contributed by atoms with Crippen molar-refractivity contribution < 1.29 is 4.79 Å². The lowest BCUT2D eigenvalue weighted by Gasteiger charge is -2.12. The second-order valence-electron chi connectivity index (χ2n) is 5.06. The van der Waals surface area contributed by atoms with Crippen molar-refractivity contribution >= 4 is 34.9 Å². The lowest BCUT2D eigenvalue weighted by atomic mass is 10.1. The average molecular weight is 308 g/mol. The molecule has 1 amide bonds. The zero-order chi connectivity index (χ0) is 14.4. The highest BCUT2D eigenvalue weighted by molar-refractivity contribution is 7.99. The molecule has 0 spiro atoms. The zero-order valence-electron chi connectivity index (χ0n) is 11.4. The summed E-state index contributed by atoms with van der Waals surface area (Å²) in [4.78, 5) is 12.2. The molecule has 1 saturated carbocycles. The molecule has 0 saturated heterocycles. The van der Waals surface area contributed by atoms with Gasteiger partial charge in [0.25, 0.3) is 0 Å². The third-order valence-electron chi connectivity index (χ3n) is 3.49. The summed E-state index contributed by atoms with van der Waals surface area (Å²) in [5.41, 5.74) is 7.70. The van der Waals surface area contributed by atoms with Crippen LogP contribution in [0.15, 0.2) is 24.3 Å². The molecule has 1 aromatic carbocycles. The predicted molar refractivity (Wildman–Crippen MR) is 88.9 cm³/mol. The maximum Gasteiger partial charge on any atom is 0.230 e. The molecule has 0 heterocycles. The third-order valence-corrected chi connectivity index (χ3v) is 4.70. The number of rotatable bonds is 6. The molecule has 5 heteroatoms. The number of amides is 1. The van der Waals surface area contributed by atoms with Gasteiger partial charge in [0.2, 0.25) is 5.91 Å². The summed E-state index contributed by atoms with van der Waals surface area (Å²) >= 11 is 6.64. The van der Waals surface area contributed by atoms with Crippen molar-refractivity contribution in [2.45, 2.75) is 37.5 Å². The van der Waals surface area contributed by atoms with Gasteiger partial charge in [0.1, 0.15) is 4.99 Å². The van der Waals surface area contributed by atoms with Crippen LogP contribution in [-0.4, -0.2) is 22.7 Å². The number of benzene rings is 1. The minimum Gasteiger partial charge on any atom is -0.389 e. The van der Waals surface area contributed by atoms with E-state index >= 15 is 0 Å². The summed E-state index contributed by atoms with van der Waals surface area (Å²) in [6, 6.07) is 8.23. The number of thiocarbonyl (C=S) groups is 1. The first-order valence-corrected chi connectivity index (χ1v) is 8.48. The SMILES string of the molecule is NC(=S)c1ccccc1CSCC(=O)NC1CCCC1. The predicted octanol–water partition coefficient (Wildman–Crippen LogP) is 2.61. The van der Waals surface area contributed by atoms with Gasteiger partial charge in [0.15, 0.2) is 0 Å². The molecule has 0 aromatic heterocycles. The van der Waals surface area contributed by atoms with Crippen LogP contribution in [0.2, 0.25) is 0 Å². The lowest BCUT2D eigenvalue weighted by Crippen LogP contribution is -2.33. The number of hydrogen-bond acceptors (Lipinski definition) is 3. The molecule has 0 unspecified atom stereocenters. The maximum absolute atomic E-state index is 11.8. The summed E-state index contributed by atoms with van der Waals surface area (Å²) in [6.07, 6.45) is 4.72. The van der Waals surface area contributed by atoms with E-state index in [0.717, 1.165) is 29.7 Å². The van der Waals surface area contributed by atoms with Gasteiger partial charge in [0, 0.05) is 17.4 Å². The molecule has 20 heavy (non-hydrogen) atoms. The Labute approximate surface area is 129 Å². The van der Waals surface area contributed by atoms with Gasteiger partial charge in [0.05, 0.1) is 5.75 Å². The highest BCUT2D eigenvalue weighted by Crippen LogP contribution is 2.19. The van der Waals surface area contributed by atoms with E-state index in [1.54, 1.807) is 11.8 Å². The van der Waals surface area contributed by atoms with Crippen LogP contribution in [0.1, 0.15) is 36.8 Å². The van der Waals surface area contributed by atoms with Crippen LogP contribution in [-0.2, 0) is 10.5 Å². The van der Waals surface area contributed by atoms with Crippen LogP contribution in [0.25, 0.3) is 0 Å². The normalized spacial score (nSPS) is 15.2. The van der Waals surface area contributed by atoms with Crippen LogP contribution >= 0.6 is 24.0 Å². The van der Waals surface area contributed by atoms with Crippen LogP contribution in [0, 0.1) is 0 Å². The average Bonchev–Trinajstić information content (AvgIpc) is 2.92. The minimum absolute atomic E-state index is 0.134. The Morgan fingerprint density at radius 3 is 2.75 bits per heavy atom. The molecule has 0 atom stereocenters. The molecule has 0 radical (unpaired) electrons. The molecule has 3 nitrogen and oxygen atoms in total. The van der Waals surface area contributed by atoms with E-state index in [2.05, 4.69) is 5.32 Å². The molecule has 0 bridgehead atoms. The number of nitrogens with one attached hydrogen (secondary N) is 1. The molecular weight excluding hydrogens is 288 g/mol. The fourth-order valence-electron chi connectivity index (χ4n) is 2.48. The zero-order valence-corrected chi connectivity index (χ0v) is 13.1. The van der Waals surface area contributed by atoms with Gasteiger partial charge in [-0.25, -0.2) is 0 Å². The van der Waals surface area contributed by atoms with E-state index in [-0.39, 0.29) is 5.91 Å². The minimum atomic E-state index is 0.134. The monoisotopic (exact) mass is 308 g/mol. The number of hydrogen-bond donors (Lipinski definition) is 2. The summed E-state index contributed by atoms with van der Waals surface area (Å²) in [5.74, 6) is 1.38.